The maximum atomic E-state index is 12.8. The third-order valence-electron chi connectivity index (χ3n) is 5.06. The summed E-state index contributed by atoms with van der Waals surface area (Å²) in [6.45, 7) is 1.30. The van der Waals surface area contributed by atoms with Crippen molar-refractivity contribution in [1.29, 1.82) is 0 Å². The van der Waals surface area contributed by atoms with Crippen LogP contribution >= 0.6 is 0 Å². The molecule has 1 aromatic heterocycles. The number of fused-ring (bicyclic) bond motifs is 1. The Bertz CT molecular complexity index is 1010. The Morgan fingerprint density at radius 2 is 2.11 bits per heavy atom. The molecular formula is C19H21N3O5S. The Kier molecular flexibility index (Phi) is 4.92. The molecule has 4 rings (SSSR count). The third kappa shape index (κ3) is 3.80. The van der Waals surface area contributed by atoms with Crippen LogP contribution in [0.2, 0.25) is 0 Å². The maximum absolute atomic E-state index is 12.8. The summed E-state index contributed by atoms with van der Waals surface area (Å²) in [4.78, 5) is 22.8. The van der Waals surface area contributed by atoms with Crippen LogP contribution in [0.15, 0.2) is 35.6 Å². The number of nitrogens with zero attached hydrogens (tertiary/aromatic N) is 3. The Morgan fingerprint density at radius 3 is 2.93 bits per heavy atom. The molecule has 2 aromatic rings. The van der Waals surface area contributed by atoms with Crippen molar-refractivity contribution < 1.29 is 22.7 Å². The van der Waals surface area contributed by atoms with Crippen LogP contribution in [-0.2, 0) is 21.1 Å². The van der Waals surface area contributed by atoms with Gasteiger partial charge in [0.25, 0.3) is 0 Å². The fourth-order valence-corrected chi connectivity index (χ4v) is 4.53. The van der Waals surface area contributed by atoms with E-state index in [2.05, 4.69) is 9.97 Å². The summed E-state index contributed by atoms with van der Waals surface area (Å²) in [7, 11) is -3.43. The van der Waals surface area contributed by atoms with Crippen molar-refractivity contribution in [2.45, 2.75) is 30.1 Å². The second-order valence-electron chi connectivity index (χ2n) is 7.09. The average molecular weight is 403 g/mol. The van der Waals surface area contributed by atoms with Crippen LogP contribution in [0.4, 0.5) is 0 Å². The van der Waals surface area contributed by atoms with Gasteiger partial charge in [0.2, 0.25) is 12.7 Å². The molecule has 1 atom stereocenters. The van der Waals surface area contributed by atoms with Crippen molar-refractivity contribution in [1.82, 2.24) is 14.9 Å². The van der Waals surface area contributed by atoms with E-state index in [1.165, 1.54) is 12.5 Å². The first-order chi connectivity index (χ1) is 13.4. The number of likely N-dealkylation sites (tertiary alicyclic amines) is 1. The van der Waals surface area contributed by atoms with E-state index in [0.717, 1.165) is 24.7 Å². The lowest BCUT2D eigenvalue weighted by molar-refractivity contribution is -0.131. The minimum atomic E-state index is -3.43. The number of amides is 1. The lowest BCUT2D eigenvalue weighted by Crippen LogP contribution is -2.40. The molecule has 28 heavy (non-hydrogen) atoms. The number of sulfone groups is 1. The zero-order valence-electron chi connectivity index (χ0n) is 15.5. The second-order valence-corrected chi connectivity index (χ2v) is 9.07. The summed E-state index contributed by atoms with van der Waals surface area (Å²) in [5.74, 6) is 1.22. The molecule has 1 fully saturated rings. The molecule has 0 aliphatic carbocycles. The predicted molar refractivity (Wildman–Crippen MR) is 100.0 cm³/mol. The number of ether oxygens (including phenoxy) is 2. The van der Waals surface area contributed by atoms with Crippen molar-refractivity contribution in [3.05, 3.63) is 42.0 Å². The lowest BCUT2D eigenvalue weighted by atomic mass is 9.94. The number of carbonyl (C=O) groups excluding carboxylic acids is 1. The molecule has 0 unspecified atom stereocenters. The lowest BCUT2D eigenvalue weighted by Gasteiger charge is -2.33. The molecule has 3 heterocycles. The Balaban J connectivity index is 1.49. The average Bonchev–Trinajstić information content (AvgIpc) is 3.15. The van der Waals surface area contributed by atoms with Crippen LogP contribution < -0.4 is 9.47 Å². The van der Waals surface area contributed by atoms with E-state index in [1.54, 1.807) is 4.90 Å². The maximum Gasteiger partial charge on any atom is 0.231 e. The molecule has 2 aliphatic heterocycles. The number of aromatic nitrogens is 2. The molecule has 0 saturated carbocycles. The van der Waals surface area contributed by atoms with Crippen molar-refractivity contribution >= 4 is 15.7 Å². The highest BCUT2D eigenvalue weighted by Crippen LogP contribution is 2.33. The first kappa shape index (κ1) is 18.7. The highest BCUT2D eigenvalue weighted by atomic mass is 32.2. The zero-order chi connectivity index (χ0) is 19.7. The number of rotatable bonds is 4. The van der Waals surface area contributed by atoms with Gasteiger partial charge in [0.05, 0.1) is 12.1 Å². The SMILES string of the molecule is CS(=O)(=O)c1cncnc1[C@@H]1CCCN(C(=O)Cc2ccc3c(c2)OCO3)C1. The fourth-order valence-electron chi connectivity index (χ4n) is 3.68. The smallest absolute Gasteiger partial charge is 0.231 e. The minimum Gasteiger partial charge on any atom is -0.454 e. The molecule has 148 valence electrons. The Hall–Kier alpha value is -2.68. The van der Waals surface area contributed by atoms with Gasteiger partial charge in [0.15, 0.2) is 21.3 Å². The van der Waals surface area contributed by atoms with Crippen LogP contribution in [0.5, 0.6) is 11.5 Å². The van der Waals surface area contributed by atoms with Gasteiger partial charge in [0, 0.05) is 31.5 Å². The van der Waals surface area contributed by atoms with Gasteiger partial charge in [-0.3, -0.25) is 4.79 Å². The van der Waals surface area contributed by atoms with Crippen molar-refractivity contribution in [3.63, 3.8) is 0 Å². The van der Waals surface area contributed by atoms with Gasteiger partial charge in [0.1, 0.15) is 11.2 Å². The largest absolute Gasteiger partial charge is 0.454 e. The monoisotopic (exact) mass is 403 g/mol. The third-order valence-corrected chi connectivity index (χ3v) is 6.17. The highest BCUT2D eigenvalue weighted by molar-refractivity contribution is 7.90. The van der Waals surface area contributed by atoms with Gasteiger partial charge >= 0.3 is 0 Å². The van der Waals surface area contributed by atoms with Crippen LogP contribution in [0.25, 0.3) is 0 Å². The van der Waals surface area contributed by atoms with E-state index in [1.807, 2.05) is 18.2 Å². The van der Waals surface area contributed by atoms with Crippen molar-refractivity contribution in [2.75, 3.05) is 26.1 Å². The molecule has 1 aromatic carbocycles. The summed E-state index contributed by atoms with van der Waals surface area (Å²) in [5, 5.41) is 0. The molecule has 2 aliphatic rings. The van der Waals surface area contributed by atoms with Crippen molar-refractivity contribution in [2.24, 2.45) is 0 Å². The summed E-state index contributed by atoms with van der Waals surface area (Å²) in [6, 6.07) is 5.50. The quantitative estimate of drug-likeness (QED) is 0.764. The van der Waals surface area contributed by atoms with E-state index < -0.39 is 9.84 Å². The van der Waals surface area contributed by atoms with Crippen LogP contribution in [0.3, 0.4) is 0 Å². The van der Waals surface area contributed by atoms with Gasteiger partial charge in [-0.1, -0.05) is 6.07 Å². The standard InChI is InChI=1S/C19H21N3O5S/c1-28(24,25)17-9-20-11-21-19(17)14-3-2-6-22(10-14)18(23)8-13-4-5-15-16(7-13)27-12-26-15/h4-5,7,9,11,14H,2-3,6,8,10,12H2,1H3/t14-/m1/s1. The summed E-state index contributed by atoms with van der Waals surface area (Å²) < 4.78 is 34.8. The van der Waals surface area contributed by atoms with Gasteiger partial charge in [-0.2, -0.15) is 0 Å². The zero-order valence-corrected chi connectivity index (χ0v) is 16.3. The van der Waals surface area contributed by atoms with Gasteiger partial charge in [-0.05, 0) is 30.5 Å². The normalized spacial score (nSPS) is 18.9. The molecule has 0 N–H and O–H groups in total. The molecule has 1 saturated heterocycles. The second kappa shape index (κ2) is 7.38. The molecular weight excluding hydrogens is 382 g/mol. The van der Waals surface area contributed by atoms with E-state index in [9.17, 15) is 13.2 Å². The number of piperidine rings is 1. The minimum absolute atomic E-state index is 0.00136. The number of carbonyl (C=O) groups is 1. The molecule has 0 radical (unpaired) electrons. The topological polar surface area (TPSA) is 98.7 Å². The number of benzene rings is 1. The summed E-state index contributed by atoms with van der Waals surface area (Å²) in [5.41, 5.74) is 1.35. The van der Waals surface area contributed by atoms with E-state index in [-0.39, 0.29) is 29.9 Å². The first-order valence-corrected chi connectivity index (χ1v) is 11.0. The van der Waals surface area contributed by atoms with Crippen molar-refractivity contribution in [3.8, 4) is 11.5 Å². The Morgan fingerprint density at radius 1 is 1.29 bits per heavy atom. The van der Waals surface area contributed by atoms with Gasteiger partial charge in [-0.25, -0.2) is 18.4 Å². The highest BCUT2D eigenvalue weighted by Gasteiger charge is 2.29. The van der Waals surface area contributed by atoms with Crippen LogP contribution in [-0.4, -0.2) is 55.3 Å². The number of hydrogen-bond acceptors (Lipinski definition) is 7. The summed E-state index contributed by atoms with van der Waals surface area (Å²) in [6.07, 6.45) is 5.69. The van der Waals surface area contributed by atoms with E-state index in [0.29, 0.717) is 30.3 Å². The predicted octanol–water partition coefficient (Wildman–Crippen LogP) is 1.56. The fraction of sp³-hybridized carbons (Fsp3) is 0.421. The van der Waals surface area contributed by atoms with Crippen LogP contribution in [0.1, 0.15) is 30.0 Å². The number of hydrogen-bond donors (Lipinski definition) is 0. The molecule has 8 nitrogen and oxygen atoms in total. The first-order valence-electron chi connectivity index (χ1n) is 9.08. The van der Waals surface area contributed by atoms with Crippen LogP contribution in [0, 0.1) is 0 Å². The van der Waals surface area contributed by atoms with E-state index in [4.69, 9.17) is 9.47 Å². The molecule has 1 amide bonds. The van der Waals surface area contributed by atoms with E-state index >= 15 is 0 Å². The molecule has 0 bridgehead atoms. The summed E-state index contributed by atoms with van der Waals surface area (Å²) >= 11 is 0. The van der Waals surface area contributed by atoms with Gasteiger partial charge in [-0.15, -0.1) is 0 Å². The molecule has 0 spiro atoms. The van der Waals surface area contributed by atoms with Gasteiger partial charge < -0.3 is 14.4 Å². The Labute approximate surface area is 163 Å². The molecule has 9 heteroatoms.